The lowest BCUT2D eigenvalue weighted by atomic mass is 10.0. The summed E-state index contributed by atoms with van der Waals surface area (Å²) in [4.78, 5) is 25.9. The summed E-state index contributed by atoms with van der Waals surface area (Å²) in [5, 5.41) is 2.17. The molecular weight excluding hydrogens is 418 g/mol. The van der Waals surface area contributed by atoms with Gasteiger partial charge in [-0.05, 0) is 50.2 Å². The Morgan fingerprint density at radius 3 is 2.48 bits per heavy atom. The van der Waals surface area contributed by atoms with Crippen LogP contribution in [0, 0.1) is 0 Å². The Bertz CT molecular complexity index is 1110. The SMILES string of the molecule is COc1ccccc1C(CNS(=O)(=O)c1ccc2c(c1)C(=O)NC2=O)N1CCCCC1. The zero-order chi connectivity index (χ0) is 22.0. The minimum absolute atomic E-state index is 0.0477. The van der Waals surface area contributed by atoms with E-state index < -0.39 is 21.8 Å². The molecule has 2 aromatic carbocycles. The van der Waals surface area contributed by atoms with E-state index in [9.17, 15) is 18.0 Å². The maximum Gasteiger partial charge on any atom is 0.258 e. The molecule has 2 N–H and O–H groups in total. The lowest BCUT2D eigenvalue weighted by molar-refractivity contribution is 0.0879. The Labute approximate surface area is 181 Å². The van der Waals surface area contributed by atoms with Gasteiger partial charge >= 0.3 is 0 Å². The number of likely N-dealkylation sites (tertiary alicyclic amines) is 1. The molecule has 0 aliphatic carbocycles. The molecule has 8 nitrogen and oxygen atoms in total. The summed E-state index contributed by atoms with van der Waals surface area (Å²) < 4.78 is 34.3. The van der Waals surface area contributed by atoms with Gasteiger partial charge in [-0.15, -0.1) is 0 Å². The minimum Gasteiger partial charge on any atom is -0.496 e. The van der Waals surface area contributed by atoms with Crippen LogP contribution in [0.25, 0.3) is 0 Å². The molecule has 0 bridgehead atoms. The van der Waals surface area contributed by atoms with Crippen LogP contribution in [0.5, 0.6) is 5.75 Å². The third-order valence-electron chi connectivity index (χ3n) is 5.81. The van der Waals surface area contributed by atoms with Crippen molar-refractivity contribution in [2.45, 2.75) is 30.2 Å². The van der Waals surface area contributed by atoms with Gasteiger partial charge in [-0.3, -0.25) is 19.8 Å². The molecule has 1 saturated heterocycles. The Balaban J connectivity index is 1.60. The van der Waals surface area contributed by atoms with Gasteiger partial charge in [0.15, 0.2) is 0 Å². The van der Waals surface area contributed by atoms with Crippen LogP contribution < -0.4 is 14.8 Å². The number of hydrogen-bond donors (Lipinski definition) is 2. The van der Waals surface area contributed by atoms with E-state index in [1.807, 2.05) is 24.3 Å². The number of methoxy groups -OCH3 is 1. The summed E-state index contributed by atoms with van der Waals surface area (Å²) >= 11 is 0. The van der Waals surface area contributed by atoms with E-state index in [0.717, 1.165) is 37.9 Å². The van der Waals surface area contributed by atoms with Crippen LogP contribution in [0.3, 0.4) is 0 Å². The number of imide groups is 1. The quantitative estimate of drug-likeness (QED) is 0.635. The van der Waals surface area contributed by atoms with Gasteiger partial charge in [0, 0.05) is 12.1 Å². The highest BCUT2D eigenvalue weighted by atomic mass is 32.2. The van der Waals surface area contributed by atoms with Crippen molar-refractivity contribution >= 4 is 21.8 Å². The number of fused-ring (bicyclic) bond motifs is 1. The van der Waals surface area contributed by atoms with Crippen molar-refractivity contribution in [2.24, 2.45) is 0 Å². The fourth-order valence-corrected chi connectivity index (χ4v) is 5.26. The number of ether oxygens (including phenoxy) is 1. The van der Waals surface area contributed by atoms with E-state index in [-0.39, 0.29) is 28.6 Å². The van der Waals surface area contributed by atoms with Crippen LogP contribution >= 0.6 is 0 Å². The molecular formula is C22H25N3O5S. The van der Waals surface area contributed by atoms with Crippen molar-refractivity contribution in [3.63, 3.8) is 0 Å². The Morgan fingerprint density at radius 2 is 1.74 bits per heavy atom. The number of nitrogens with one attached hydrogen (secondary N) is 2. The Kier molecular flexibility index (Phi) is 6.08. The number of carbonyl (C=O) groups is 2. The van der Waals surface area contributed by atoms with Crippen molar-refractivity contribution in [1.29, 1.82) is 0 Å². The molecule has 2 amide bonds. The number of hydrogen-bond acceptors (Lipinski definition) is 6. The second-order valence-corrected chi connectivity index (χ2v) is 9.46. The van der Waals surface area contributed by atoms with Crippen molar-refractivity contribution in [3.05, 3.63) is 59.2 Å². The predicted octanol–water partition coefficient (Wildman–Crippen LogP) is 2.08. The van der Waals surface area contributed by atoms with Crippen molar-refractivity contribution in [3.8, 4) is 5.75 Å². The smallest absolute Gasteiger partial charge is 0.258 e. The molecule has 0 saturated carbocycles. The molecule has 2 aliphatic rings. The van der Waals surface area contributed by atoms with Gasteiger partial charge in [0.1, 0.15) is 5.75 Å². The van der Waals surface area contributed by atoms with Crippen LogP contribution in [-0.2, 0) is 10.0 Å². The second-order valence-electron chi connectivity index (χ2n) is 7.70. The summed E-state index contributed by atoms with van der Waals surface area (Å²) in [6.45, 7) is 1.92. The lowest BCUT2D eigenvalue weighted by Crippen LogP contribution is -2.40. The van der Waals surface area contributed by atoms with Crippen LogP contribution in [-0.4, -0.2) is 51.9 Å². The number of nitrogens with zero attached hydrogens (tertiary/aromatic N) is 1. The first-order valence-corrected chi connectivity index (χ1v) is 11.8. The number of piperidine rings is 1. The summed E-state index contributed by atoms with van der Waals surface area (Å²) in [6, 6.07) is 11.4. The second kappa shape index (κ2) is 8.78. The first-order chi connectivity index (χ1) is 14.9. The summed E-state index contributed by atoms with van der Waals surface area (Å²) in [5.74, 6) is -0.388. The number of rotatable bonds is 7. The van der Waals surface area contributed by atoms with Crippen LogP contribution in [0.2, 0.25) is 0 Å². The van der Waals surface area contributed by atoms with Crippen LogP contribution in [0.4, 0.5) is 0 Å². The Hall–Kier alpha value is -2.75. The van der Waals surface area contributed by atoms with Crippen LogP contribution in [0.15, 0.2) is 47.4 Å². The predicted molar refractivity (Wildman–Crippen MR) is 115 cm³/mol. The molecule has 0 radical (unpaired) electrons. The van der Waals surface area contributed by atoms with Crippen molar-refractivity contribution in [1.82, 2.24) is 14.9 Å². The van der Waals surface area contributed by atoms with Crippen molar-refractivity contribution < 1.29 is 22.7 Å². The number of amides is 2. The van der Waals surface area contributed by atoms with Crippen molar-refractivity contribution in [2.75, 3.05) is 26.7 Å². The van der Waals surface area contributed by atoms with Gasteiger partial charge in [-0.2, -0.15) is 0 Å². The highest BCUT2D eigenvalue weighted by Crippen LogP contribution is 2.31. The van der Waals surface area contributed by atoms with Gasteiger partial charge in [0.2, 0.25) is 10.0 Å². The number of carbonyl (C=O) groups excluding carboxylic acids is 2. The third-order valence-corrected chi connectivity index (χ3v) is 7.23. The standard InChI is InChI=1S/C22H25N3O5S/c1-30-20-8-4-3-7-17(20)19(25-11-5-2-6-12-25)14-23-31(28,29)15-9-10-16-18(13-15)22(27)24-21(16)26/h3-4,7-10,13,19,23H,2,5-6,11-12,14H2,1H3,(H,24,26,27). The van der Waals surface area contributed by atoms with Gasteiger partial charge < -0.3 is 4.74 Å². The highest BCUT2D eigenvalue weighted by molar-refractivity contribution is 7.89. The molecule has 1 unspecified atom stereocenters. The lowest BCUT2D eigenvalue weighted by Gasteiger charge is -2.35. The largest absolute Gasteiger partial charge is 0.496 e. The molecule has 1 atom stereocenters. The van der Waals surface area contributed by atoms with Gasteiger partial charge in [0.25, 0.3) is 11.8 Å². The monoisotopic (exact) mass is 443 g/mol. The van der Waals surface area contributed by atoms with E-state index in [0.29, 0.717) is 5.75 Å². The average Bonchev–Trinajstić information content (AvgIpc) is 3.08. The maximum atomic E-state index is 13.0. The summed E-state index contributed by atoms with van der Waals surface area (Å²) in [6.07, 6.45) is 3.29. The molecule has 1 fully saturated rings. The molecule has 0 aromatic heterocycles. The number of para-hydroxylation sites is 1. The topological polar surface area (TPSA) is 105 Å². The van der Waals surface area contributed by atoms with Gasteiger partial charge in [0.05, 0.1) is 29.2 Å². The third kappa shape index (κ3) is 4.34. The highest BCUT2D eigenvalue weighted by Gasteiger charge is 2.30. The molecule has 2 aliphatic heterocycles. The molecule has 164 valence electrons. The fourth-order valence-electron chi connectivity index (χ4n) is 4.19. The van der Waals surface area contributed by atoms with E-state index in [1.165, 1.54) is 18.2 Å². The fraction of sp³-hybridized carbons (Fsp3) is 0.364. The molecule has 9 heteroatoms. The minimum atomic E-state index is -3.89. The Morgan fingerprint density at radius 1 is 1.03 bits per heavy atom. The number of sulfonamides is 1. The summed E-state index contributed by atoms with van der Waals surface area (Å²) in [7, 11) is -2.29. The van der Waals surface area contributed by atoms with E-state index in [2.05, 4.69) is 14.9 Å². The zero-order valence-corrected chi connectivity index (χ0v) is 18.1. The molecule has 2 heterocycles. The molecule has 0 spiro atoms. The van der Waals surface area contributed by atoms with E-state index in [1.54, 1.807) is 7.11 Å². The molecule has 2 aromatic rings. The summed E-state index contributed by atoms with van der Waals surface area (Å²) in [5.41, 5.74) is 1.18. The van der Waals surface area contributed by atoms with Gasteiger partial charge in [-0.1, -0.05) is 24.6 Å². The first-order valence-electron chi connectivity index (χ1n) is 10.3. The molecule has 31 heavy (non-hydrogen) atoms. The number of benzene rings is 2. The van der Waals surface area contributed by atoms with Gasteiger partial charge in [-0.25, -0.2) is 13.1 Å². The average molecular weight is 444 g/mol. The van der Waals surface area contributed by atoms with E-state index in [4.69, 9.17) is 4.74 Å². The van der Waals surface area contributed by atoms with Crippen LogP contribution in [0.1, 0.15) is 51.6 Å². The zero-order valence-electron chi connectivity index (χ0n) is 17.3. The van der Waals surface area contributed by atoms with E-state index >= 15 is 0 Å². The first kappa shape index (κ1) is 21.5. The maximum absolute atomic E-state index is 13.0. The normalized spacial score (nSPS) is 17.8. The molecule has 4 rings (SSSR count).